The number of nitrogen functional groups attached to an aromatic ring is 1. The zero-order valence-corrected chi connectivity index (χ0v) is 19.7. The van der Waals surface area contributed by atoms with E-state index in [0.717, 1.165) is 43.7 Å². The first-order valence-corrected chi connectivity index (χ1v) is 11.9. The molecular formula is C23H26F3N9O. The van der Waals surface area contributed by atoms with Gasteiger partial charge in [-0.2, -0.15) is 18.2 Å². The molecular weight excluding hydrogens is 475 g/mol. The molecule has 2 fully saturated rings. The van der Waals surface area contributed by atoms with Crippen molar-refractivity contribution in [3.63, 3.8) is 0 Å². The Labute approximate surface area is 204 Å². The van der Waals surface area contributed by atoms with E-state index >= 15 is 0 Å². The second-order valence-corrected chi connectivity index (χ2v) is 9.39. The third-order valence-electron chi connectivity index (χ3n) is 6.93. The van der Waals surface area contributed by atoms with Gasteiger partial charge in [-0.05, 0) is 38.0 Å². The minimum Gasteiger partial charge on any atom is -0.382 e. The van der Waals surface area contributed by atoms with Crippen LogP contribution in [0.2, 0.25) is 0 Å². The molecule has 36 heavy (non-hydrogen) atoms. The Morgan fingerprint density at radius 3 is 2.58 bits per heavy atom. The first-order valence-electron chi connectivity index (χ1n) is 11.9. The van der Waals surface area contributed by atoms with E-state index in [1.807, 2.05) is 0 Å². The zero-order valence-electron chi connectivity index (χ0n) is 19.7. The number of anilines is 2. The number of ether oxygens (including phenoxy) is 1. The number of likely N-dealkylation sites (tertiary alicyclic amines) is 1. The number of aromatic nitrogens is 6. The van der Waals surface area contributed by atoms with Gasteiger partial charge >= 0.3 is 6.18 Å². The summed E-state index contributed by atoms with van der Waals surface area (Å²) < 4.78 is 47.3. The molecule has 13 heteroatoms. The molecule has 0 aromatic carbocycles. The summed E-state index contributed by atoms with van der Waals surface area (Å²) in [5, 5.41) is 7.98. The summed E-state index contributed by atoms with van der Waals surface area (Å²) in [5.74, 6) is 0.951. The van der Waals surface area contributed by atoms with E-state index in [-0.39, 0.29) is 23.3 Å². The molecule has 6 rings (SSSR count). The molecule has 4 aromatic heterocycles. The van der Waals surface area contributed by atoms with Crippen LogP contribution in [0.5, 0.6) is 0 Å². The summed E-state index contributed by atoms with van der Waals surface area (Å²) in [6.45, 7) is 4.00. The van der Waals surface area contributed by atoms with E-state index in [4.69, 9.17) is 10.5 Å². The van der Waals surface area contributed by atoms with Crippen LogP contribution < -0.4 is 11.1 Å². The van der Waals surface area contributed by atoms with E-state index in [0.29, 0.717) is 34.3 Å². The lowest BCUT2D eigenvalue weighted by Gasteiger charge is -2.41. The molecule has 0 amide bonds. The molecule has 0 atom stereocenters. The fraction of sp³-hybridized carbons (Fsp3) is 0.478. The smallest absolute Gasteiger partial charge is 0.382 e. The molecule has 0 radical (unpaired) electrons. The lowest BCUT2D eigenvalue weighted by molar-refractivity contribution is -0.140. The standard InChI is InChI=1S/C23H26F3N9O/c1-13-28-18-3-2-17(30-21(18)34(13)12-23(24,25)26)16-6-9-35-19(16)20(27)31-22(32-35)29-14-4-7-33(8-5-14)15-10-36-11-15/h2-3,6,9,14-15H,4-5,7-8,10-12H2,1H3,(H3,27,29,31,32). The highest BCUT2D eigenvalue weighted by molar-refractivity contribution is 5.88. The average molecular weight is 502 g/mol. The van der Waals surface area contributed by atoms with Crippen molar-refractivity contribution in [3.8, 4) is 11.3 Å². The number of nitrogens with two attached hydrogens (primary N) is 1. The Morgan fingerprint density at radius 1 is 1.11 bits per heavy atom. The molecule has 0 bridgehead atoms. The van der Waals surface area contributed by atoms with Crippen LogP contribution in [0.1, 0.15) is 18.7 Å². The van der Waals surface area contributed by atoms with Gasteiger partial charge in [0.15, 0.2) is 11.5 Å². The van der Waals surface area contributed by atoms with Gasteiger partial charge in [0.1, 0.15) is 23.4 Å². The Balaban J connectivity index is 1.26. The van der Waals surface area contributed by atoms with Crippen molar-refractivity contribution in [2.75, 3.05) is 37.4 Å². The fourth-order valence-corrected chi connectivity index (χ4v) is 4.98. The number of nitrogens with one attached hydrogen (secondary N) is 1. The van der Waals surface area contributed by atoms with Gasteiger partial charge in [-0.15, -0.1) is 5.10 Å². The van der Waals surface area contributed by atoms with Crippen molar-refractivity contribution >= 4 is 28.4 Å². The highest BCUT2D eigenvalue weighted by atomic mass is 19.4. The number of halogens is 3. The van der Waals surface area contributed by atoms with Crippen LogP contribution in [-0.4, -0.2) is 78.6 Å². The van der Waals surface area contributed by atoms with Gasteiger partial charge in [-0.25, -0.2) is 14.5 Å². The summed E-state index contributed by atoms with van der Waals surface area (Å²) in [5.41, 5.74) is 8.55. The second-order valence-electron chi connectivity index (χ2n) is 9.39. The molecule has 3 N–H and O–H groups in total. The molecule has 2 aliphatic heterocycles. The third-order valence-corrected chi connectivity index (χ3v) is 6.93. The molecule has 2 aliphatic rings. The predicted molar refractivity (Wildman–Crippen MR) is 128 cm³/mol. The highest BCUT2D eigenvalue weighted by Crippen LogP contribution is 2.30. The zero-order chi connectivity index (χ0) is 25.0. The number of aryl methyl sites for hydroxylation is 1. The molecule has 10 nitrogen and oxygen atoms in total. The number of imidazole rings is 1. The lowest BCUT2D eigenvalue weighted by Crippen LogP contribution is -2.53. The van der Waals surface area contributed by atoms with E-state index in [2.05, 4.69) is 30.3 Å². The minimum absolute atomic E-state index is 0.166. The SMILES string of the molecule is Cc1nc2ccc(-c3ccn4nc(NC5CCN(C6COC6)CC5)nc(N)c34)nc2n1CC(F)(F)F. The van der Waals surface area contributed by atoms with Gasteiger partial charge in [0.25, 0.3) is 0 Å². The van der Waals surface area contributed by atoms with Gasteiger partial charge in [-0.3, -0.25) is 4.90 Å². The summed E-state index contributed by atoms with van der Waals surface area (Å²) in [4.78, 5) is 15.7. The maximum Gasteiger partial charge on any atom is 0.406 e. The summed E-state index contributed by atoms with van der Waals surface area (Å²) in [6.07, 6.45) is -0.687. The van der Waals surface area contributed by atoms with Gasteiger partial charge in [0.2, 0.25) is 5.95 Å². The monoisotopic (exact) mass is 501 g/mol. The van der Waals surface area contributed by atoms with E-state index in [1.165, 1.54) is 6.92 Å². The number of hydrogen-bond acceptors (Lipinski definition) is 8. The molecule has 0 spiro atoms. The maximum absolute atomic E-state index is 13.1. The second kappa shape index (κ2) is 8.59. The van der Waals surface area contributed by atoms with Crippen LogP contribution in [0.25, 0.3) is 27.9 Å². The number of hydrogen-bond donors (Lipinski definition) is 2. The quantitative estimate of drug-likeness (QED) is 0.430. The predicted octanol–water partition coefficient (Wildman–Crippen LogP) is 2.87. The first kappa shape index (κ1) is 23.0. The van der Waals surface area contributed by atoms with E-state index in [9.17, 15) is 13.2 Å². The Morgan fingerprint density at radius 2 is 1.89 bits per heavy atom. The van der Waals surface area contributed by atoms with Crippen LogP contribution in [0.15, 0.2) is 24.4 Å². The highest BCUT2D eigenvalue weighted by Gasteiger charge is 2.31. The Kier molecular flexibility index (Phi) is 5.48. The van der Waals surface area contributed by atoms with Crippen molar-refractivity contribution in [2.45, 2.75) is 44.6 Å². The van der Waals surface area contributed by atoms with Crippen molar-refractivity contribution in [1.29, 1.82) is 0 Å². The molecule has 0 aliphatic carbocycles. The van der Waals surface area contributed by atoms with Crippen molar-refractivity contribution < 1.29 is 17.9 Å². The largest absolute Gasteiger partial charge is 0.406 e. The number of alkyl halides is 3. The van der Waals surface area contributed by atoms with Crippen molar-refractivity contribution in [3.05, 3.63) is 30.2 Å². The van der Waals surface area contributed by atoms with Gasteiger partial charge in [0, 0.05) is 30.9 Å². The lowest BCUT2D eigenvalue weighted by atomic mass is 10.0. The Bertz CT molecular complexity index is 1420. The van der Waals surface area contributed by atoms with Gasteiger partial charge < -0.3 is 20.4 Å². The average Bonchev–Trinajstić information content (AvgIpc) is 3.34. The molecule has 6 heterocycles. The maximum atomic E-state index is 13.1. The topological polar surface area (TPSA) is 111 Å². The van der Waals surface area contributed by atoms with Crippen LogP contribution in [-0.2, 0) is 11.3 Å². The summed E-state index contributed by atoms with van der Waals surface area (Å²) in [7, 11) is 0. The van der Waals surface area contributed by atoms with Crippen molar-refractivity contribution in [1.82, 2.24) is 34.0 Å². The van der Waals surface area contributed by atoms with Crippen LogP contribution in [0, 0.1) is 6.92 Å². The number of nitrogens with zero attached hydrogens (tertiary/aromatic N) is 7. The fourth-order valence-electron chi connectivity index (χ4n) is 4.98. The molecule has 4 aromatic rings. The molecule has 0 unspecified atom stereocenters. The Hall–Kier alpha value is -3.45. The number of rotatable bonds is 5. The van der Waals surface area contributed by atoms with Crippen LogP contribution in [0.3, 0.4) is 0 Å². The number of fused-ring (bicyclic) bond motifs is 2. The number of pyridine rings is 1. The van der Waals surface area contributed by atoms with E-state index < -0.39 is 12.7 Å². The van der Waals surface area contributed by atoms with Crippen LogP contribution >= 0.6 is 0 Å². The first-order chi connectivity index (χ1) is 17.2. The normalized spacial score (nSPS) is 18.2. The third kappa shape index (κ3) is 4.22. The molecule has 0 saturated carbocycles. The summed E-state index contributed by atoms with van der Waals surface area (Å²) >= 11 is 0. The van der Waals surface area contributed by atoms with Crippen LogP contribution in [0.4, 0.5) is 24.9 Å². The van der Waals surface area contributed by atoms with Gasteiger partial charge in [-0.1, -0.05) is 0 Å². The minimum atomic E-state index is -4.39. The molecule has 2 saturated heterocycles. The van der Waals surface area contributed by atoms with Gasteiger partial charge in [0.05, 0.1) is 24.9 Å². The molecule has 190 valence electrons. The van der Waals surface area contributed by atoms with E-state index in [1.54, 1.807) is 28.9 Å². The summed E-state index contributed by atoms with van der Waals surface area (Å²) in [6, 6.07) is 5.95. The number of piperidine rings is 1. The van der Waals surface area contributed by atoms with Crippen molar-refractivity contribution in [2.24, 2.45) is 0 Å².